The van der Waals surface area contributed by atoms with Crippen LogP contribution >= 0.6 is 0 Å². The van der Waals surface area contributed by atoms with Crippen molar-refractivity contribution in [3.05, 3.63) is 90.1 Å². The van der Waals surface area contributed by atoms with Gasteiger partial charge in [0.25, 0.3) is 0 Å². The number of aromatic nitrogens is 1. The maximum atomic E-state index is 4.77. The first kappa shape index (κ1) is 16.9. The van der Waals surface area contributed by atoms with Crippen molar-refractivity contribution in [2.24, 2.45) is 0 Å². The van der Waals surface area contributed by atoms with Gasteiger partial charge in [0.05, 0.1) is 5.69 Å². The first-order valence-corrected chi connectivity index (χ1v) is 9.93. The van der Waals surface area contributed by atoms with Crippen molar-refractivity contribution in [3.8, 4) is 11.3 Å². The second-order valence-electron chi connectivity index (χ2n) is 7.98. The molecule has 0 saturated carbocycles. The van der Waals surface area contributed by atoms with Gasteiger partial charge >= 0.3 is 0 Å². The highest BCUT2D eigenvalue weighted by Crippen LogP contribution is 2.34. The minimum atomic E-state index is 0.514. The van der Waals surface area contributed by atoms with E-state index < -0.39 is 0 Å². The van der Waals surface area contributed by atoms with E-state index in [2.05, 4.69) is 93.6 Å². The van der Waals surface area contributed by atoms with Crippen LogP contribution < -0.4 is 0 Å². The Kier molecular flexibility index (Phi) is 3.91. The van der Waals surface area contributed by atoms with Crippen LogP contribution in [0.15, 0.2) is 79.0 Å². The van der Waals surface area contributed by atoms with Crippen molar-refractivity contribution >= 4 is 32.3 Å². The highest BCUT2D eigenvalue weighted by molar-refractivity contribution is 6.11. The fraction of sp³-hybridized carbons (Fsp3) is 0.148. The van der Waals surface area contributed by atoms with Crippen LogP contribution in [-0.4, -0.2) is 4.98 Å². The van der Waals surface area contributed by atoms with E-state index in [0.29, 0.717) is 5.92 Å². The maximum Gasteiger partial charge on any atom is 0.0780 e. The fourth-order valence-corrected chi connectivity index (χ4v) is 4.29. The van der Waals surface area contributed by atoms with E-state index in [1.54, 1.807) is 0 Å². The Bertz CT molecular complexity index is 1350. The summed E-state index contributed by atoms with van der Waals surface area (Å²) >= 11 is 0. The molecule has 28 heavy (non-hydrogen) atoms. The van der Waals surface area contributed by atoms with E-state index in [0.717, 1.165) is 5.69 Å². The van der Waals surface area contributed by atoms with Crippen LogP contribution in [0.25, 0.3) is 43.6 Å². The number of hydrogen-bond donors (Lipinski definition) is 0. The summed E-state index contributed by atoms with van der Waals surface area (Å²) in [7, 11) is 0. The van der Waals surface area contributed by atoms with Crippen molar-refractivity contribution in [1.82, 2.24) is 4.98 Å². The second-order valence-corrected chi connectivity index (χ2v) is 7.98. The Labute approximate surface area is 165 Å². The third kappa shape index (κ3) is 2.66. The van der Waals surface area contributed by atoms with E-state index in [9.17, 15) is 0 Å². The lowest BCUT2D eigenvalue weighted by atomic mass is 9.93. The molecular weight excluding hydrogens is 338 g/mol. The molecule has 1 nitrogen and oxygen atoms in total. The molecule has 5 rings (SSSR count). The summed E-state index contributed by atoms with van der Waals surface area (Å²) < 4.78 is 0. The summed E-state index contributed by atoms with van der Waals surface area (Å²) in [6.07, 6.45) is 1.94. The highest BCUT2D eigenvalue weighted by atomic mass is 14.7. The molecule has 0 spiro atoms. The number of nitrogens with zero attached hydrogens (tertiary/aromatic N) is 1. The van der Waals surface area contributed by atoms with Gasteiger partial charge in [0.15, 0.2) is 0 Å². The number of hydrogen-bond acceptors (Lipinski definition) is 1. The molecular formula is C27H23N. The fourth-order valence-electron chi connectivity index (χ4n) is 4.29. The Morgan fingerprint density at radius 3 is 2.36 bits per heavy atom. The van der Waals surface area contributed by atoms with Gasteiger partial charge in [0.2, 0.25) is 0 Å². The van der Waals surface area contributed by atoms with Crippen molar-refractivity contribution in [2.75, 3.05) is 0 Å². The van der Waals surface area contributed by atoms with Crippen molar-refractivity contribution in [2.45, 2.75) is 26.7 Å². The third-order valence-electron chi connectivity index (χ3n) is 5.73. The van der Waals surface area contributed by atoms with Crippen LogP contribution in [0.3, 0.4) is 0 Å². The largest absolute Gasteiger partial charge is 0.256 e. The highest BCUT2D eigenvalue weighted by Gasteiger charge is 2.11. The molecule has 136 valence electrons. The normalized spacial score (nSPS) is 11.7. The summed E-state index contributed by atoms with van der Waals surface area (Å²) in [4.78, 5) is 4.77. The molecule has 0 amide bonds. The summed E-state index contributed by atoms with van der Waals surface area (Å²) in [5.41, 5.74) is 4.91. The molecule has 0 bridgehead atoms. The second kappa shape index (κ2) is 6.45. The summed E-state index contributed by atoms with van der Waals surface area (Å²) in [6, 6.07) is 26.6. The van der Waals surface area contributed by atoms with Gasteiger partial charge < -0.3 is 0 Å². The van der Waals surface area contributed by atoms with Gasteiger partial charge in [-0.05, 0) is 57.5 Å². The lowest BCUT2D eigenvalue weighted by Gasteiger charge is -2.13. The molecule has 4 aromatic carbocycles. The quantitative estimate of drug-likeness (QED) is 0.294. The Morgan fingerprint density at radius 2 is 1.50 bits per heavy atom. The lowest BCUT2D eigenvalue weighted by Crippen LogP contribution is -1.91. The Hall–Kier alpha value is -3.19. The molecule has 1 heterocycles. The third-order valence-corrected chi connectivity index (χ3v) is 5.73. The molecule has 0 saturated heterocycles. The van der Waals surface area contributed by atoms with E-state index in [1.165, 1.54) is 49.0 Å². The number of benzene rings is 4. The molecule has 0 atom stereocenters. The van der Waals surface area contributed by atoms with Gasteiger partial charge in [-0.3, -0.25) is 4.98 Å². The predicted molar refractivity (Wildman–Crippen MR) is 121 cm³/mol. The van der Waals surface area contributed by atoms with Crippen LogP contribution in [0.5, 0.6) is 0 Å². The zero-order valence-corrected chi connectivity index (χ0v) is 16.5. The molecule has 0 unspecified atom stereocenters. The van der Waals surface area contributed by atoms with Gasteiger partial charge in [-0.2, -0.15) is 0 Å². The smallest absolute Gasteiger partial charge is 0.0780 e. The Balaban J connectivity index is 1.77. The zero-order chi connectivity index (χ0) is 19.3. The van der Waals surface area contributed by atoms with Gasteiger partial charge in [0, 0.05) is 17.1 Å². The van der Waals surface area contributed by atoms with Gasteiger partial charge in [-0.1, -0.05) is 80.1 Å². The first-order chi connectivity index (χ1) is 13.6. The minimum Gasteiger partial charge on any atom is -0.256 e. The number of rotatable bonds is 2. The average Bonchev–Trinajstić information content (AvgIpc) is 2.72. The topological polar surface area (TPSA) is 12.9 Å². The molecule has 1 aromatic heterocycles. The zero-order valence-electron chi connectivity index (χ0n) is 16.5. The molecule has 0 aliphatic rings. The molecule has 1 heteroatoms. The van der Waals surface area contributed by atoms with E-state index in [4.69, 9.17) is 4.98 Å². The standard InChI is InChI=1S/C27H23N/c1-17(2)22-6-4-5-20-16-21(10-11-23(20)22)27-25-12-9-19-8-7-18(3)15-26(19)24(25)13-14-28-27/h4-17H,1-3H3. The molecule has 0 radical (unpaired) electrons. The monoisotopic (exact) mass is 361 g/mol. The molecule has 0 aliphatic carbocycles. The van der Waals surface area contributed by atoms with Crippen molar-refractivity contribution in [1.29, 1.82) is 0 Å². The van der Waals surface area contributed by atoms with E-state index in [-0.39, 0.29) is 0 Å². The maximum absolute atomic E-state index is 4.77. The van der Waals surface area contributed by atoms with Crippen LogP contribution in [0, 0.1) is 6.92 Å². The van der Waals surface area contributed by atoms with Gasteiger partial charge in [-0.25, -0.2) is 0 Å². The summed E-state index contributed by atoms with van der Waals surface area (Å²) in [5, 5.41) is 7.66. The average molecular weight is 361 g/mol. The molecule has 5 aromatic rings. The van der Waals surface area contributed by atoms with Gasteiger partial charge in [-0.15, -0.1) is 0 Å². The summed E-state index contributed by atoms with van der Waals surface area (Å²) in [6.45, 7) is 6.65. The van der Waals surface area contributed by atoms with E-state index >= 15 is 0 Å². The lowest BCUT2D eigenvalue weighted by molar-refractivity contribution is 0.876. The minimum absolute atomic E-state index is 0.514. The van der Waals surface area contributed by atoms with Gasteiger partial charge in [0.1, 0.15) is 0 Å². The van der Waals surface area contributed by atoms with Crippen LogP contribution in [-0.2, 0) is 0 Å². The molecule has 0 fully saturated rings. The first-order valence-electron chi connectivity index (χ1n) is 9.93. The Morgan fingerprint density at radius 1 is 0.679 bits per heavy atom. The SMILES string of the molecule is Cc1ccc2ccc3c(-c4ccc5c(C(C)C)cccc5c4)nccc3c2c1. The molecule has 0 aliphatic heterocycles. The van der Waals surface area contributed by atoms with Crippen LogP contribution in [0.4, 0.5) is 0 Å². The summed E-state index contributed by atoms with van der Waals surface area (Å²) in [5.74, 6) is 0.514. The predicted octanol–water partition coefficient (Wildman–Crippen LogP) is 7.64. The van der Waals surface area contributed by atoms with Crippen molar-refractivity contribution < 1.29 is 0 Å². The van der Waals surface area contributed by atoms with E-state index in [1.807, 2.05) is 6.20 Å². The molecule has 0 N–H and O–H groups in total. The van der Waals surface area contributed by atoms with Crippen LogP contribution in [0.1, 0.15) is 30.9 Å². The van der Waals surface area contributed by atoms with Crippen molar-refractivity contribution in [3.63, 3.8) is 0 Å². The van der Waals surface area contributed by atoms with Crippen LogP contribution in [0.2, 0.25) is 0 Å². The number of pyridine rings is 1. The number of aryl methyl sites for hydroxylation is 1. The number of fused-ring (bicyclic) bond motifs is 4.